The first-order valence-corrected chi connectivity index (χ1v) is 10.8. The number of nitrogens with zero attached hydrogens (tertiary/aromatic N) is 2. The van der Waals surface area contributed by atoms with Crippen molar-refractivity contribution in [2.24, 2.45) is 0 Å². The van der Waals surface area contributed by atoms with E-state index in [9.17, 15) is 18.0 Å². The molecule has 29 heavy (non-hydrogen) atoms. The summed E-state index contributed by atoms with van der Waals surface area (Å²) in [6.07, 6.45) is 0. The first-order chi connectivity index (χ1) is 13.7. The van der Waals surface area contributed by atoms with Crippen molar-refractivity contribution in [3.63, 3.8) is 0 Å². The van der Waals surface area contributed by atoms with Gasteiger partial charge in [-0.25, -0.2) is 13.2 Å². The number of sulfonamides is 1. The third-order valence-electron chi connectivity index (χ3n) is 4.85. The number of halogens is 1. The van der Waals surface area contributed by atoms with Crippen LogP contribution in [-0.4, -0.2) is 57.8 Å². The Morgan fingerprint density at radius 2 is 1.55 bits per heavy atom. The number of benzene rings is 2. The van der Waals surface area contributed by atoms with Crippen molar-refractivity contribution >= 4 is 39.1 Å². The molecule has 0 aliphatic carbocycles. The second-order valence-electron chi connectivity index (χ2n) is 6.63. The number of ether oxygens (including phenoxy) is 1. The van der Waals surface area contributed by atoms with E-state index in [1.165, 1.54) is 36.5 Å². The Morgan fingerprint density at radius 1 is 0.966 bits per heavy atom. The highest BCUT2D eigenvalue weighted by molar-refractivity contribution is 7.89. The number of hydrogen-bond donors (Lipinski definition) is 0. The van der Waals surface area contributed by atoms with Crippen molar-refractivity contribution in [3.8, 4) is 0 Å². The van der Waals surface area contributed by atoms with Gasteiger partial charge in [0, 0.05) is 37.4 Å². The van der Waals surface area contributed by atoms with Gasteiger partial charge in [-0.1, -0.05) is 11.6 Å². The van der Waals surface area contributed by atoms with Gasteiger partial charge in [-0.05, 0) is 49.4 Å². The average molecular weight is 437 g/mol. The Labute approximate surface area is 174 Å². The number of piperazine rings is 1. The zero-order valence-electron chi connectivity index (χ0n) is 16.1. The van der Waals surface area contributed by atoms with Gasteiger partial charge in [0.2, 0.25) is 10.0 Å². The van der Waals surface area contributed by atoms with Gasteiger partial charge in [0.25, 0.3) is 0 Å². The molecule has 0 aromatic heterocycles. The number of ketones is 1. The Kier molecular flexibility index (Phi) is 6.26. The number of carbonyl (C=O) groups is 2. The van der Waals surface area contributed by atoms with Gasteiger partial charge in [0.05, 0.1) is 17.7 Å². The Bertz CT molecular complexity index is 1030. The molecule has 1 heterocycles. The quantitative estimate of drug-likeness (QED) is 0.529. The molecule has 0 N–H and O–H groups in total. The fraction of sp³-hybridized carbons (Fsp3) is 0.300. The average Bonchev–Trinajstić information content (AvgIpc) is 2.73. The predicted molar refractivity (Wildman–Crippen MR) is 110 cm³/mol. The SMILES string of the molecule is COC(=O)c1ccc(S(=O)(=O)N2CCN(c3ccc(C(C)=O)cc3)CC2)c(Cl)c1. The van der Waals surface area contributed by atoms with E-state index in [0.29, 0.717) is 31.7 Å². The number of rotatable bonds is 5. The number of Topliss-reactive ketones (excluding diaryl/α,β-unsaturated/α-hetero) is 1. The lowest BCUT2D eigenvalue weighted by Crippen LogP contribution is -2.48. The maximum atomic E-state index is 13.0. The molecule has 0 atom stereocenters. The number of carbonyl (C=O) groups excluding carboxylic acids is 2. The highest BCUT2D eigenvalue weighted by Crippen LogP contribution is 2.27. The molecular formula is C20H21ClN2O5S. The molecule has 9 heteroatoms. The summed E-state index contributed by atoms with van der Waals surface area (Å²) in [6.45, 7) is 3.13. The van der Waals surface area contributed by atoms with Crippen LogP contribution in [0.4, 0.5) is 5.69 Å². The third-order valence-corrected chi connectivity index (χ3v) is 7.23. The van der Waals surface area contributed by atoms with E-state index in [1.54, 1.807) is 12.1 Å². The Hall–Kier alpha value is -2.42. The highest BCUT2D eigenvalue weighted by Gasteiger charge is 2.30. The summed E-state index contributed by atoms with van der Waals surface area (Å²) in [5, 5.41) is -0.0184. The fourth-order valence-corrected chi connectivity index (χ4v) is 5.13. The van der Waals surface area contributed by atoms with Gasteiger partial charge < -0.3 is 9.64 Å². The molecule has 2 aromatic carbocycles. The summed E-state index contributed by atoms with van der Waals surface area (Å²) in [6, 6.07) is 11.3. The molecule has 1 saturated heterocycles. The highest BCUT2D eigenvalue weighted by atomic mass is 35.5. The maximum absolute atomic E-state index is 13.0. The maximum Gasteiger partial charge on any atom is 0.337 e. The lowest BCUT2D eigenvalue weighted by atomic mass is 10.1. The minimum Gasteiger partial charge on any atom is -0.465 e. The molecule has 7 nitrogen and oxygen atoms in total. The molecule has 1 aliphatic rings. The van der Waals surface area contributed by atoms with Gasteiger partial charge in [0.15, 0.2) is 5.78 Å². The van der Waals surface area contributed by atoms with Gasteiger partial charge in [-0.15, -0.1) is 0 Å². The van der Waals surface area contributed by atoms with Crippen molar-refractivity contribution in [2.45, 2.75) is 11.8 Å². The van der Waals surface area contributed by atoms with E-state index >= 15 is 0 Å². The molecular weight excluding hydrogens is 416 g/mol. The van der Waals surface area contributed by atoms with Crippen LogP contribution in [0.15, 0.2) is 47.4 Å². The molecule has 3 rings (SSSR count). The smallest absolute Gasteiger partial charge is 0.337 e. The van der Waals surface area contributed by atoms with Gasteiger partial charge in [-0.3, -0.25) is 4.79 Å². The topological polar surface area (TPSA) is 84.0 Å². The van der Waals surface area contributed by atoms with E-state index < -0.39 is 16.0 Å². The van der Waals surface area contributed by atoms with E-state index in [1.807, 2.05) is 12.1 Å². The second kappa shape index (κ2) is 8.52. The van der Waals surface area contributed by atoms with E-state index in [4.69, 9.17) is 11.6 Å². The van der Waals surface area contributed by atoms with Crippen molar-refractivity contribution in [1.29, 1.82) is 0 Å². The largest absolute Gasteiger partial charge is 0.465 e. The van der Waals surface area contributed by atoms with Crippen LogP contribution in [0, 0.1) is 0 Å². The molecule has 0 saturated carbocycles. The first kappa shape index (κ1) is 21.3. The van der Waals surface area contributed by atoms with Gasteiger partial charge in [0.1, 0.15) is 4.90 Å². The first-order valence-electron chi connectivity index (χ1n) is 8.98. The van der Waals surface area contributed by atoms with Crippen LogP contribution in [0.1, 0.15) is 27.6 Å². The second-order valence-corrected chi connectivity index (χ2v) is 8.94. The molecule has 0 bridgehead atoms. The lowest BCUT2D eigenvalue weighted by Gasteiger charge is -2.35. The summed E-state index contributed by atoms with van der Waals surface area (Å²) in [5.41, 5.74) is 1.77. The summed E-state index contributed by atoms with van der Waals surface area (Å²) in [5.74, 6) is -0.581. The number of esters is 1. The van der Waals surface area contributed by atoms with Crippen molar-refractivity contribution < 1.29 is 22.7 Å². The predicted octanol–water partition coefficient (Wildman–Crippen LogP) is 2.84. The summed E-state index contributed by atoms with van der Waals surface area (Å²) in [4.78, 5) is 25.0. The zero-order valence-corrected chi connectivity index (χ0v) is 17.7. The fourth-order valence-electron chi connectivity index (χ4n) is 3.19. The summed E-state index contributed by atoms with van der Waals surface area (Å²) in [7, 11) is -2.54. The van der Waals surface area contributed by atoms with Crippen LogP contribution in [0.25, 0.3) is 0 Å². The monoisotopic (exact) mass is 436 g/mol. The van der Waals surface area contributed by atoms with Crippen LogP contribution < -0.4 is 4.90 Å². The van der Waals surface area contributed by atoms with Crippen LogP contribution in [0.3, 0.4) is 0 Å². The van der Waals surface area contributed by atoms with Gasteiger partial charge >= 0.3 is 5.97 Å². The molecule has 1 aliphatic heterocycles. The Balaban J connectivity index is 1.72. The standard InChI is InChI=1S/C20H21ClN2O5S/c1-14(24)15-3-6-17(7-4-15)22-9-11-23(12-10-22)29(26,27)19-8-5-16(13-18(19)21)20(25)28-2/h3-8,13H,9-12H2,1-2H3. The summed E-state index contributed by atoms with van der Waals surface area (Å²) < 4.78 is 32.0. The minimum atomic E-state index is -3.79. The van der Waals surface area contributed by atoms with E-state index in [-0.39, 0.29) is 21.3 Å². The van der Waals surface area contributed by atoms with Crippen LogP contribution >= 0.6 is 11.6 Å². The van der Waals surface area contributed by atoms with Crippen LogP contribution in [-0.2, 0) is 14.8 Å². The zero-order chi connectivity index (χ0) is 21.2. The number of methoxy groups -OCH3 is 1. The van der Waals surface area contributed by atoms with Crippen molar-refractivity contribution in [3.05, 3.63) is 58.6 Å². The Morgan fingerprint density at radius 3 is 2.07 bits per heavy atom. The lowest BCUT2D eigenvalue weighted by molar-refractivity contribution is 0.0600. The van der Waals surface area contributed by atoms with Gasteiger partial charge in [-0.2, -0.15) is 4.31 Å². The molecule has 1 fully saturated rings. The molecule has 0 unspecified atom stereocenters. The molecule has 2 aromatic rings. The number of anilines is 1. The van der Waals surface area contributed by atoms with Crippen molar-refractivity contribution in [1.82, 2.24) is 4.31 Å². The van der Waals surface area contributed by atoms with E-state index in [2.05, 4.69) is 9.64 Å². The van der Waals surface area contributed by atoms with Crippen LogP contribution in [0.2, 0.25) is 5.02 Å². The van der Waals surface area contributed by atoms with Crippen molar-refractivity contribution in [2.75, 3.05) is 38.2 Å². The summed E-state index contributed by atoms with van der Waals surface area (Å²) >= 11 is 6.15. The number of hydrogen-bond acceptors (Lipinski definition) is 6. The molecule has 0 spiro atoms. The van der Waals surface area contributed by atoms with Crippen LogP contribution in [0.5, 0.6) is 0 Å². The molecule has 154 valence electrons. The molecule has 0 amide bonds. The normalized spacial score (nSPS) is 15.2. The third kappa shape index (κ3) is 4.44. The van der Waals surface area contributed by atoms with E-state index in [0.717, 1.165) is 5.69 Å². The minimum absolute atomic E-state index is 0.00237. The molecule has 0 radical (unpaired) electrons.